The van der Waals surface area contributed by atoms with Crippen molar-refractivity contribution in [2.45, 2.75) is 44.6 Å². The van der Waals surface area contributed by atoms with Crippen LogP contribution in [0, 0.1) is 11.3 Å². The Hall–Kier alpha value is -2.35. The van der Waals surface area contributed by atoms with Crippen molar-refractivity contribution in [1.29, 1.82) is 5.26 Å². The van der Waals surface area contributed by atoms with Gasteiger partial charge in [-0.25, -0.2) is 0 Å². The Balaban J connectivity index is 1.91. The Labute approximate surface area is 130 Å². The molecule has 0 atom stereocenters. The first-order valence-electron chi connectivity index (χ1n) is 7.62. The first-order chi connectivity index (χ1) is 10.5. The van der Waals surface area contributed by atoms with Crippen LogP contribution >= 0.6 is 0 Å². The molecule has 5 heteroatoms. The number of amides is 1. The highest BCUT2D eigenvalue weighted by Gasteiger charge is 2.33. The van der Waals surface area contributed by atoms with E-state index in [0.29, 0.717) is 5.56 Å². The van der Waals surface area contributed by atoms with Crippen molar-refractivity contribution < 1.29 is 9.59 Å². The fourth-order valence-corrected chi connectivity index (χ4v) is 2.76. The maximum atomic E-state index is 12.1. The van der Waals surface area contributed by atoms with Gasteiger partial charge in [0, 0.05) is 11.3 Å². The molecule has 1 aliphatic rings. The number of hydrogen-bond acceptors (Lipinski definition) is 4. The number of nitrogens with zero attached hydrogens (tertiary/aromatic N) is 1. The number of anilines is 1. The average molecular weight is 299 g/mol. The summed E-state index contributed by atoms with van der Waals surface area (Å²) in [5, 5.41) is 15.2. The third-order valence-corrected chi connectivity index (χ3v) is 4.02. The highest BCUT2D eigenvalue weighted by atomic mass is 16.2. The predicted molar refractivity (Wildman–Crippen MR) is 84.5 cm³/mol. The molecule has 5 nitrogen and oxygen atoms in total. The van der Waals surface area contributed by atoms with Crippen molar-refractivity contribution >= 4 is 17.4 Å². The average Bonchev–Trinajstić information content (AvgIpc) is 2.54. The monoisotopic (exact) mass is 299 g/mol. The second-order valence-corrected chi connectivity index (χ2v) is 5.79. The number of nitrogens with one attached hydrogen (secondary N) is 2. The largest absolute Gasteiger partial charge is 0.376 e. The molecule has 0 aromatic heterocycles. The molecule has 1 fully saturated rings. The molecule has 1 amide bonds. The zero-order valence-electron chi connectivity index (χ0n) is 12.8. The molecule has 2 rings (SSSR count). The summed E-state index contributed by atoms with van der Waals surface area (Å²) in [6.07, 6.45) is 4.50. The Bertz CT molecular complexity index is 598. The summed E-state index contributed by atoms with van der Waals surface area (Å²) in [5.41, 5.74) is 0.613. The van der Waals surface area contributed by atoms with Crippen LogP contribution in [0.2, 0.25) is 0 Å². The molecule has 1 saturated carbocycles. The molecule has 0 radical (unpaired) electrons. The van der Waals surface area contributed by atoms with E-state index in [1.165, 1.54) is 6.92 Å². The molecule has 0 spiro atoms. The van der Waals surface area contributed by atoms with E-state index in [1.807, 2.05) is 0 Å². The lowest BCUT2D eigenvalue weighted by Gasteiger charge is -2.31. The van der Waals surface area contributed by atoms with Crippen LogP contribution < -0.4 is 10.6 Å². The Morgan fingerprint density at radius 1 is 1.27 bits per heavy atom. The van der Waals surface area contributed by atoms with Crippen LogP contribution in [0.15, 0.2) is 24.3 Å². The van der Waals surface area contributed by atoms with Gasteiger partial charge in [0.15, 0.2) is 5.78 Å². The fourth-order valence-electron chi connectivity index (χ4n) is 2.76. The topological polar surface area (TPSA) is 82.0 Å². The minimum Gasteiger partial charge on any atom is -0.376 e. The number of benzene rings is 1. The van der Waals surface area contributed by atoms with E-state index in [2.05, 4.69) is 16.7 Å². The number of rotatable bonds is 5. The molecule has 2 N–H and O–H groups in total. The fraction of sp³-hybridized carbons (Fsp3) is 0.471. The van der Waals surface area contributed by atoms with Crippen LogP contribution in [0.5, 0.6) is 0 Å². The van der Waals surface area contributed by atoms with Gasteiger partial charge in [-0.1, -0.05) is 31.4 Å². The molecule has 0 saturated heterocycles. The van der Waals surface area contributed by atoms with Crippen molar-refractivity contribution in [2.75, 3.05) is 11.9 Å². The third kappa shape index (κ3) is 4.08. The molecule has 0 bridgehead atoms. The van der Waals surface area contributed by atoms with Crippen LogP contribution in [-0.4, -0.2) is 23.8 Å². The molecule has 1 aromatic carbocycles. The summed E-state index contributed by atoms with van der Waals surface area (Å²) in [5.74, 6) is -0.213. The molecule has 0 heterocycles. The summed E-state index contributed by atoms with van der Waals surface area (Å²) in [6, 6.07) is 9.30. The minimum absolute atomic E-state index is 0.0151. The van der Waals surface area contributed by atoms with Gasteiger partial charge >= 0.3 is 0 Å². The van der Waals surface area contributed by atoms with E-state index in [-0.39, 0.29) is 18.2 Å². The van der Waals surface area contributed by atoms with Crippen LogP contribution in [0.1, 0.15) is 49.4 Å². The number of Topliss-reactive ketones (excluding diaryl/α,β-unsaturated/α-hetero) is 1. The number of carbonyl (C=O) groups excluding carboxylic acids is 2. The minimum atomic E-state index is -0.710. The highest BCUT2D eigenvalue weighted by molar-refractivity contribution is 5.95. The van der Waals surface area contributed by atoms with E-state index in [4.69, 9.17) is 0 Å². The second kappa shape index (κ2) is 7.08. The Morgan fingerprint density at radius 3 is 2.64 bits per heavy atom. The first kappa shape index (κ1) is 16.0. The van der Waals surface area contributed by atoms with Crippen molar-refractivity contribution in [3.63, 3.8) is 0 Å². The third-order valence-electron chi connectivity index (χ3n) is 4.02. The van der Waals surface area contributed by atoms with E-state index in [0.717, 1.165) is 37.8 Å². The van der Waals surface area contributed by atoms with Gasteiger partial charge in [0.05, 0.1) is 12.6 Å². The molecular formula is C17H21N3O2. The van der Waals surface area contributed by atoms with Crippen molar-refractivity contribution in [2.24, 2.45) is 0 Å². The number of carbonyl (C=O) groups is 2. The molecule has 1 aliphatic carbocycles. The molecular weight excluding hydrogens is 278 g/mol. The summed E-state index contributed by atoms with van der Waals surface area (Å²) < 4.78 is 0. The summed E-state index contributed by atoms with van der Waals surface area (Å²) >= 11 is 0. The van der Waals surface area contributed by atoms with Crippen LogP contribution in [0.4, 0.5) is 5.69 Å². The van der Waals surface area contributed by atoms with Crippen molar-refractivity contribution in [3.8, 4) is 6.07 Å². The van der Waals surface area contributed by atoms with E-state index >= 15 is 0 Å². The van der Waals surface area contributed by atoms with E-state index in [9.17, 15) is 14.9 Å². The quantitative estimate of drug-likeness (QED) is 0.819. The van der Waals surface area contributed by atoms with Gasteiger partial charge in [-0.2, -0.15) is 5.26 Å². The van der Waals surface area contributed by atoms with Gasteiger partial charge in [-0.05, 0) is 31.9 Å². The van der Waals surface area contributed by atoms with Gasteiger partial charge < -0.3 is 10.6 Å². The van der Waals surface area contributed by atoms with Crippen molar-refractivity contribution in [1.82, 2.24) is 5.32 Å². The zero-order chi connectivity index (χ0) is 16.0. The van der Waals surface area contributed by atoms with Crippen LogP contribution in [0.25, 0.3) is 0 Å². The Kier molecular flexibility index (Phi) is 5.16. The van der Waals surface area contributed by atoms with E-state index in [1.54, 1.807) is 24.3 Å². The molecule has 22 heavy (non-hydrogen) atoms. The zero-order valence-corrected chi connectivity index (χ0v) is 12.8. The second-order valence-electron chi connectivity index (χ2n) is 5.79. The standard InChI is InChI=1S/C17H21N3O2/c1-13(21)14-6-5-7-15(10-14)19-11-16(22)20-17(12-18)8-3-2-4-9-17/h5-7,10,19H,2-4,8-9,11H2,1H3,(H,20,22). The van der Waals surface area contributed by atoms with Gasteiger partial charge in [0.25, 0.3) is 0 Å². The summed E-state index contributed by atoms with van der Waals surface area (Å²) in [6.45, 7) is 1.59. The predicted octanol–water partition coefficient (Wildman–Crippen LogP) is 2.64. The van der Waals surface area contributed by atoms with E-state index < -0.39 is 5.54 Å². The molecule has 1 aromatic rings. The lowest BCUT2D eigenvalue weighted by molar-refractivity contribution is -0.121. The maximum Gasteiger partial charge on any atom is 0.240 e. The lowest BCUT2D eigenvalue weighted by atomic mass is 9.83. The van der Waals surface area contributed by atoms with Gasteiger partial charge in [-0.15, -0.1) is 0 Å². The van der Waals surface area contributed by atoms with Gasteiger partial charge in [-0.3, -0.25) is 9.59 Å². The van der Waals surface area contributed by atoms with Gasteiger partial charge in [0.1, 0.15) is 5.54 Å². The normalized spacial score (nSPS) is 16.4. The highest BCUT2D eigenvalue weighted by Crippen LogP contribution is 2.27. The van der Waals surface area contributed by atoms with Crippen molar-refractivity contribution in [3.05, 3.63) is 29.8 Å². The van der Waals surface area contributed by atoms with Crippen LogP contribution in [0.3, 0.4) is 0 Å². The number of nitriles is 1. The summed E-state index contributed by atoms with van der Waals surface area (Å²) in [7, 11) is 0. The van der Waals surface area contributed by atoms with Gasteiger partial charge in [0.2, 0.25) is 5.91 Å². The summed E-state index contributed by atoms with van der Waals surface area (Å²) in [4.78, 5) is 23.4. The number of hydrogen-bond donors (Lipinski definition) is 2. The lowest BCUT2D eigenvalue weighted by Crippen LogP contribution is -2.50. The smallest absolute Gasteiger partial charge is 0.240 e. The Morgan fingerprint density at radius 2 is 2.00 bits per heavy atom. The van der Waals surface area contributed by atoms with Crippen LogP contribution in [-0.2, 0) is 4.79 Å². The number of ketones is 1. The maximum absolute atomic E-state index is 12.1. The molecule has 0 unspecified atom stereocenters. The SMILES string of the molecule is CC(=O)c1cccc(NCC(=O)NC2(C#N)CCCCC2)c1. The molecule has 0 aliphatic heterocycles. The molecule has 116 valence electrons. The first-order valence-corrected chi connectivity index (χ1v) is 7.62.